The lowest BCUT2D eigenvalue weighted by Crippen LogP contribution is -2.41. The molecule has 0 amide bonds. The Labute approximate surface area is 134 Å². The van der Waals surface area contributed by atoms with E-state index in [-0.39, 0.29) is 29.2 Å². The van der Waals surface area contributed by atoms with Gasteiger partial charge in [0.25, 0.3) is 0 Å². The largest absolute Gasteiger partial charge is 0.495 e. The normalized spacial score (nSPS) is 13.4. The Bertz CT molecular complexity index is 590. The number of methoxy groups -OCH3 is 2. The Morgan fingerprint density at radius 3 is 2.43 bits per heavy atom. The number of benzene rings is 1. The Morgan fingerprint density at radius 1 is 1.33 bits per heavy atom. The molecule has 3 N–H and O–H groups in total. The Kier molecular flexibility index (Phi) is 6.45. The molecule has 0 aliphatic heterocycles. The van der Waals surface area contributed by atoms with Gasteiger partial charge in [-0.3, -0.25) is 0 Å². The van der Waals surface area contributed by atoms with Crippen molar-refractivity contribution in [3.63, 3.8) is 0 Å². The van der Waals surface area contributed by atoms with E-state index in [1.54, 1.807) is 0 Å². The number of nitrogens with one attached hydrogen (secondary N) is 1. The maximum absolute atomic E-state index is 12.5. The number of sulfonamides is 1. The molecule has 1 unspecified atom stereocenters. The number of nitrogens with two attached hydrogens (primary N) is 1. The summed E-state index contributed by atoms with van der Waals surface area (Å²) in [5.41, 5.74) is 6.09. The molecule has 6 nitrogen and oxygen atoms in total. The molecule has 21 heavy (non-hydrogen) atoms. The van der Waals surface area contributed by atoms with E-state index in [1.165, 1.54) is 26.4 Å². The lowest BCUT2D eigenvalue weighted by molar-refractivity contribution is 0.157. The molecule has 1 aromatic carbocycles. The summed E-state index contributed by atoms with van der Waals surface area (Å²) in [6.45, 7) is 4.12. The van der Waals surface area contributed by atoms with Crippen molar-refractivity contribution < 1.29 is 17.9 Å². The topological polar surface area (TPSA) is 90.7 Å². The summed E-state index contributed by atoms with van der Waals surface area (Å²) in [5, 5.41) is 0. The van der Waals surface area contributed by atoms with Gasteiger partial charge in [-0.25, -0.2) is 13.1 Å². The first-order chi connectivity index (χ1) is 9.72. The number of halogens is 1. The Balaban J connectivity index is 3.21. The van der Waals surface area contributed by atoms with Gasteiger partial charge < -0.3 is 15.2 Å². The molecule has 1 aromatic rings. The van der Waals surface area contributed by atoms with Crippen LogP contribution in [0.5, 0.6) is 5.75 Å². The fraction of sp³-hybridized carbons (Fsp3) is 0.538. The van der Waals surface area contributed by atoms with Gasteiger partial charge in [0.1, 0.15) is 10.6 Å². The number of nitrogen functional groups attached to an aromatic ring is 1. The van der Waals surface area contributed by atoms with Crippen molar-refractivity contribution in [2.45, 2.75) is 24.8 Å². The third-order valence-electron chi connectivity index (χ3n) is 3.03. The second-order valence-corrected chi connectivity index (χ2v) is 7.49. The van der Waals surface area contributed by atoms with Gasteiger partial charge >= 0.3 is 0 Å². The highest BCUT2D eigenvalue weighted by molar-refractivity contribution is 9.10. The summed E-state index contributed by atoms with van der Waals surface area (Å²) >= 11 is 3.25. The molecular formula is C13H21BrN2O4S. The molecule has 0 spiro atoms. The number of hydrogen-bond acceptors (Lipinski definition) is 5. The van der Waals surface area contributed by atoms with Gasteiger partial charge in [-0.2, -0.15) is 0 Å². The molecule has 120 valence electrons. The monoisotopic (exact) mass is 380 g/mol. The summed E-state index contributed by atoms with van der Waals surface area (Å²) in [7, 11) is -0.826. The van der Waals surface area contributed by atoms with Crippen LogP contribution in [0, 0.1) is 5.92 Å². The maximum Gasteiger partial charge on any atom is 0.244 e. The highest BCUT2D eigenvalue weighted by Crippen LogP contribution is 2.32. The fourth-order valence-corrected chi connectivity index (χ4v) is 3.60. The van der Waals surface area contributed by atoms with Crippen molar-refractivity contribution in [1.82, 2.24) is 4.72 Å². The molecule has 0 aromatic heterocycles. The third kappa shape index (κ3) is 4.57. The molecule has 0 saturated carbocycles. The standard InChI is InChI=1S/C13H21BrN2O4S/c1-8(2)11(7-19-3)16-21(17,18)13-6-10(15)9(14)5-12(13)20-4/h5-6,8,11,16H,7,15H2,1-4H3. The molecule has 0 bridgehead atoms. The fourth-order valence-electron chi connectivity index (χ4n) is 1.73. The number of anilines is 1. The second kappa shape index (κ2) is 7.44. The average molecular weight is 381 g/mol. The molecule has 0 fully saturated rings. The van der Waals surface area contributed by atoms with Gasteiger partial charge in [0, 0.05) is 23.3 Å². The predicted molar refractivity (Wildman–Crippen MR) is 85.9 cm³/mol. The van der Waals surface area contributed by atoms with Gasteiger partial charge in [0.2, 0.25) is 10.0 Å². The van der Waals surface area contributed by atoms with Crippen LogP contribution in [0.25, 0.3) is 0 Å². The van der Waals surface area contributed by atoms with Crippen LogP contribution in [-0.4, -0.2) is 35.3 Å². The first-order valence-electron chi connectivity index (χ1n) is 6.37. The van der Waals surface area contributed by atoms with Crippen molar-refractivity contribution in [1.29, 1.82) is 0 Å². The zero-order valence-corrected chi connectivity index (χ0v) is 14.9. The van der Waals surface area contributed by atoms with Crippen LogP contribution in [0.4, 0.5) is 5.69 Å². The first-order valence-corrected chi connectivity index (χ1v) is 8.64. The molecule has 1 atom stereocenters. The minimum absolute atomic E-state index is 0.00690. The molecule has 0 radical (unpaired) electrons. The summed E-state index contributed by atoms with van der Waals surface area (Å²) in [5.74, 6) is 0.307. The Morgan fingerprint density at radius 2 is 1.95 bits per heavy atom. The zero-order chi connectivity index (χ0) is 16.2. The van der Waals surface area contributed by atoms with E-state index in [1.807, 2.05) is 13.8 Å². The van der Waals surface area contributed by atoms with Crippen molar-refractivity contribution in [2.24, 2.45) is 5.92 Å². The van der Waals surface area contributed by atoms with Crippen molar-refractivity contribution in [2.75, 3.05) is 26.6 Å². The quantitative estimate of drug-likeness (QED) is 0.705. The average Bonchev–Trinajstić information content (AvgIpc) is 2.40. The van der Waals surface area contributed by atoms with E-state index < -0.39 is 10.0 Å². The number of hydrogen-bond donors (Lipinski definition) is 2. The van der Waals surface area contributed by atoms with E-state index >= 15 is 0 Å². The first kappa shape index (κ1) is 18.2. The van der Waals surface area contributed by atoms with Gasteiger partial charge in [-0.05, 0) is 34.0 Å². The molecule has 0 heterocycles. The third-order valence-corrected chi connectivity index (χ3v) is 5.23. The lowest BCUT2D eigenvalue weighted by atomic mass is 10.1. The van der Waals surface area contributed by atoms with Gasteiger partial charge in [0.05, 0.1) is 13.7 Å². The van der Waals surface area contributed by atoms with Gasteiger partial charge in [-0.15, -0.1) is 0 Å². The molecule has 1 rings (SSSR count). The van der Waals surface area contributed by atoms with E-state index in [2.05, 4.69) is 20.7 Å². The van der Waals surface area contributed by atoms with E-state index in [0.717, 1.165) is 0 Å². The van der Waals surface area contributed by atoms with E-state index in [4.69, 9.17) is 15.2 Å². The summed E-state index contributed by atoms with van der Waals surface area (Å²) in [6.07, 6.45) is 0. The van der Waals surface area contributed by atoms with Crippen LogP contribution in [0.1, 0.15) is 13.8 Å². The molecular weight excluding hydrogens is 360 g/mol. The molecule has 0 aliphatic carbocycles. The zero-order valence-electron chi connectivity index (χ0n) is 12.5. The van der Waals surface area contributed by atoms with Crippen LogP contribution in [-0.2, 0) is 14.8 Å². The molecule has 0 saturated heterocycles. The highest BCUT2D eigenvalue weighted by Gasteiger charge is 2.26. The van der Waals surface area contributed by atoms with Crippen LogP contribution >= 0.6 is 15.9 Å². The van der Waals surface area contributed by atoms with E-state index in [0.29, 0.717) is 10.2 Å². The highest BCUT2D eigenvalue weighted by atomic mass is 79.9. The van der Waals surface area contributed by atoms with E-state index in [9.17, 15) is 8.42 Å². The number of ether oxygens (including phenoxy) is 2. The van der Waals surface area contributed by atoms with Crippen molar-refractivity contribution in [3.05, 3.63) is 16.6 Å². The summed E-state index contributed by atoms with van der Waals surface area (Å²) < 4.78 is 38.5. The van der Waals surface area contributed by atoms with Gasteiger partial charge in [0.15, 0.2) is 0 Å². The number of rotatable bonds is 7. The Hall–Kier alpha value is -0.830. The van der Waals surface area contributed by atoms with Crippen LogP contribution in [0.15, 0.2) is 21.5 Å². The molecule has 0 aliphatic rings. The predicted octanol–water partition coefficient (Wildman–Crippen LogP) is 1.99. The van der Waals surface area contributed by atoms with Crippen molar-refractivity contribution >= 4 is 31.6 Å². The van der Waals surface area contributed by atoms with Crippen LogP contribution in [0.2, 0.25) is 0 Å². The molecule has 8 heteroatoms. The summed E-state index contributed by atoms with van der Waals surface area (Å²) in [6, 6.07) is 2.56. The minimum atomic E-state index is -3.76. The smallest absolute Gasteiger partial charge is 0.244 e. The van der Waals surface area contributed by atoms with Crippen LogP contribution < -0.4 is 15.2 Å². The lowest BCUT2D eigenvalue weighted by Gasteiger charge is -2.22. The maximum atomic E-state index is 12.5. The SMILES string of the molecule is COCC(NS(=O)(=O)c1cc(N)c(Br)cc1OC)C(C)C. The van der Waals surface area contributed by atoms with Gasteiger partial charge in [-0.1, -0.05) is 13.8 Å². The van der Waals surface area contributed by atoms with Crippen LogP contribution in [0.3, 0.4) is 0 Å². The summed E-state index contributed by atoms with van der Waals surface area (Å²) in [4.78, 5) is 0.00690. The second-order valence-electron chi connectivity index (χ2n) is 4.95. The van der Waals surface area contributed by atoms with Crippen molar-refractivity contribution in [3.8, 4) is 5.75 Å². The minimum Gasteiger partial charge on any atom is -0.495 e.